The molecule has 0 unspecified atom stereocenters. The zero-order valence-corrected chi connectivity index (χ0v) is 15.9. The van der Waals surface area contributed by atoms with Crippen molar-refractivity contribution >= 4 is 15.9 Å². The molecule has 0 radical (unpaired) electrons. The highest BCUT2D eigenvalue weighted by atomic mass is 32.2. The molecule has 0 spiro atoms. The number of hydrogen-bond acceptors (Lipinski definition) is 6. The van der Waals surface area contributed by atoms with E-state index < -0.39 is 10.0 Å². The smallest absolute Gasteiger partial charge is 0.246 e. The Morgan fingerprint density at radius 3 is 2.46 bits per heavy atom. The lowest BCUT2D eigenvalue weighted by molar-refractivity contribution is -0.120. The molecule has 0 atom stereocenters. The van der Waals surface area contributed by atoms with Gasteiger partial charge in [-0.1, -0.05) is 17.3 Å². The van der Waals surface area contributed by atoms with Crippen LogP contribution in [0.25, 0.3) is 0 Å². The van der Waals surface area contributed by atoms with Gasteiger partial charge in [-0.2, -0.15) is 0 Å². The Balaban J connectivity index is 1.78. The normalized spacial score (nSPS) is 11.3. The van der Waals surface area contributed by atoms with Crippen molar-refractivity contribution < 1.29 is 22.5 Å². The topological polar surface area (TPSA) is 111 Å². The van der Waals surface area contributed by atoms with Crippen LogP contribution in [0.5, 0.6) is 5.75 Å². The summed E-state index contributed by atoms with van der Waals surface area (Å²) >= 11 is 0. The summed E-state index contributed by atoms with van der Waals surface area (Å²) in [6.07, 6.45) is 0.211. The molecule has 0 saturated heterocycles. The second-order valence-electron chi connectivity index (χ2n) is 5.65. The monoisotopic (exact) mass is 381 g/mol. The van der Waals surface area contributed by atoms with Gasteiger partial charge in [0.2, 0.25) is 15.9 Å². The number of nitrogens with zero attached hydrogens (tertiary/aromatic N) is 1. The maximum Gasteiger partial charge on any atom is 0.246 e. The minimum Gasteiger partial charge on any atom is -0.494 e. The summed E-state index contributed by atoms with van der Waals surface area (Å²) in [4.78, 5) is 12.0. The third-order valence-electron chi connectivity index (χ3n) is 3.57. The van der Waals surface area contributed by atoms with Gasteiger partial charge in [-0.3, -0.25) is 4.79 Å². The van der Waals surface area contributed by atoms with Gasteiger partial charge in [0.15, 0.2) is 5.76 Å². The Kier molecular flexibility index (Phi) is 6.76. The van der Waals surface area contributed by atoms with Crippen molar-refractivity contribution in [3.63, 3.8) is 0 Å². The summed E-state index contributed by atoms with van der Waals surface area (Å²) in [6, 6.07) is 7.27. The molecule has 2 rings (SSSR count). The van der Waals surface area contributed by atoms with Gasteiger partial charge in [0.05, 0.1) is 13.0 Å². The molecule has 142 valence electrons. The van der Waals surface area contributed by atoms with Crippen LogP contribution in [-0.4, -0.2) is 39.2 Å². The van der Waals surface area contributed by atoms with Crippen LogP contribution >= 0.6 is 0 Å². The van der Waals surface area contributed by atoms with E-state index in [1.807, 2.05) is 31.2 Å². The zero-order valence-electron chi connectivity index (χ0n) is 15.0. The second kappa shape index (κ2) is 8.81. The molecular formula is C17H23N3O5S. The number of rotatable bonds is 9. The Morgan fingerprint density at radius 1 is 1.19 bits per heavy atom. The van der Waals surface area contributed by atoms with Gasteiger partial charge in [0, 0.05) is 13.1 Å². The molecule has 1 heterocycles. The average Bonchev–Trinajstić information content (AvgIpc) is 2.93. The molecule has 0 bridgehead atoms. The Morgan fingerprint density at radius 2 is 1.88 bits per heavy atom. The molecule has 1 aromatic heterocycles. The molecule has 1 aromatic carbocycles. The van der Waals surface area contributed by atoms with Crippen molar-refractivity contribution in [2.24, 2.45) is 0 Å². The summed E-state index contributed by atoms with van der Waals surface area (Å²) in [5, 5.41) is 6.31. The van der Waals surface area contributed by atoms with Crippen molar-refractivity contribution in [1.29, 1.82) is 0 Å². The van der Waals surface area contributed by atoms with Gasteiger partial charge in [-0.05, 0) is 38.5 Å². The van der Waals surface area contributed by atoms with Crippen molar-refractivity contribution in [1.82, 2.24) is 15.2 Å². The van der Waals surface area contributed by atoms with E-state index in [2.05, 4.69) is 15.2 Å². The summed E-state index contributed by atoms with van der Waals surface area (Å²) in [5.41, 5.74) is 1.15. The van der Waals surface area contributed by atoms with E-state index in [1.165, 1.54) is 6.92 Å². The van der Waals surface area contributed by atoms with Crippen LogP contribution in [0.1, 0.15) is 23.9 Å². The highest BCUT2D eigenvalue weighted by Gasteiger charge is 2.23. The number of benzene rings is 1. The standard InChI is InChI=1S/C17H23N3O5S/c1-4-24-15-7-5-14(6-8-15)11-16(21)18-9-10-19-26(22,23)17-12(2)20-25-13(17)3/h5-8,19H,4,9-11H2,1-3H3,(H,18,21). The third kappa shape index (κ3) is 5.30. The van der Waals surface area contributed by atoms with E-state index in [4.69, 9.17) is 9.26 Å². The number of hydrogen-bond donors (Lipinski definition) is 2. The van der Waals surface area contributed by atoms with E-state index in [-0.39, 0.29) is 36.1 Å². The van der Waals surface area contributed by atoms with Crippen LogP contribution in [0.4, 0.5) is 0 Å². The third-order valence-corrected chi connectivity index (χ3v) is 5.28. The lowest BCUT2D eigenvalue weighted by Crippen LogP contribution is -2.35. The molecule has 0 aliphatic carbocycles. The van der Waals surface area contributed by atoms with Crippen LogP contribution in [0.2, 0.25) is 0 Å². The molecule has 2 N–H and O–H groups in total. The number of ether oxygens (including phenoxy) is 1. The number of sulfonamides is 1. The van der Waals surface area contributed by atoms with Crippen LogP contribution in [0, 0.1) is 13.8 Å². The number of nitrogens with one attached hydrogen (secondary N) is 2. The van der Waals surface area contributed by atoms with Crippen LogP contribution in [-0.2, 0) is 21.2 Å². The first-order chi connectivity index (χ1) is 12.3. The number of carbonyl (C=O) groups excluding carboxylic acids is 1. The highest BCUT2D eigenvalue weighted by Crippen LogP contribution is 2.18. The molecule has 0 aliphatic rings. The summed E-state index contributed by atoms with van der Waals surface area (Å²) in [7, 11) is -3.72. The fourth-order valence-electron chi connectivity index (χ4n) is 2.44. The van der Waals surface area contributed by atoms with Crippen molar-refractivity contribution in [3.05, 3.63) is 41.3 Å². The van der Waals surface area contributed by atoms with Gasteiger partial charge in [-0.15, -0.1) is 0 Å². The minimum absolute atomic E-state index is 0.0400. The number of carbonyl (C=O) groups is 1. The van der Waals surface area contributed by atoms with E-state index in [1.54, 1.807) is 6.92 Å². The van der Waals surface area contributed by atoms with E-state index >= 15 is 0 Å². The van der Waals surface area contributed by atoms with Gasteiger partial charge in [-0.25, -0.2) is 13.1 Å². The van der Waals surface area contributed by atoms with Crippen molar-refractivity contribution in [2.45, 2.75) is 32.1 Å². The lowest BCUT2D eigenvalue weighted by Gasteiger charge is -2.08. The number of aromatic nitrogens is 1. The first-order valence-corrected chi connectivity index (χ1v) is 9.72. The summed E-state index contributed by atoms with van der Waals surface area (Å²) in [6.45, 7) is 5.83. The molecule has 0 fully saturated rings. The SMILES string of the molecule is CCOc1ccc(CC(=O)NCCNS(=O)(=O)c2c(C)noc2C)cc1. The van der Waals surface area contributed by atoms with Crippen LogP contribution in [0.15, 0.2) is 33.7 Å². The molecular weight excluding hydrogens is 358 g/mol. The molecule has 0 saturated carbocycles. The predicted octanol–water partition coefficient (Wildman–Crippen LogP) is 1.33. The highest BCUT2D eigenvalue weighted by molar-refractivity contribution is 7.89. The molecule has 26 heavy (non-hydrogen) atoms. The van der Waals surface area contributed by atoms with Crippen molar-refractivity contribution in [3.8, 4) is 5.75 Å². The quantitative estimate of drug-likeness (QED) is 0.634. The lowest BCUT2D eigenvalue weighted by atomic mass is 10.1. The first-order valence-electron chi connectivity index (χ1n) is 8.24. The molecule has 1 amide bonds. The summed E-state index contributed by atoms with van der Waals surface area (Å²) < 4.78 is 37.1. The van der Waals surface area contributed by atoms with Gasteiger partial charge < -0.3 is 14.6 Å². The van der Waals surface area contributed by atoms with E-state index in [0.29, 0.717) is 12.3 Å². The molecule has 8 nitrogen and oxygen atoms in total. The van der Waals surface area contributed by atoms with Crippen LogP contribution < -0.4 is 14.8 Å². The van der Waals surface area contributed by atoms with Gasteiger partial charge in [0.25, 0.3) is 0 Å². The largest absolute Gasteiger partial charge is 0.494 e. The fourth-order valence-corrected chi connectivity index (χ4v) is 3.79. The molecule has 2 aromatic rings. The van der Waals surface area contributed by atoms with Gasteiger partial charge >= 0.3 is 0 Å². The van der Waals surface area contributed by atoms with Gasteiger partial charge in [0.1, 0.15) is 16.3 Å². The first kappa shape index (κ1) is 19.9. The maximum absolute atomic E-state index is 12.2. The Hall–Kier alpha value is -2.39. The molecule has 9 heteroatoms. The average molecular weight is 381 g/mol. The van der Waals surface area contributed by atoms with Crippen molar-refractivity contribution in [2.75, 3.05) is 19.7 Å². The zero-order chi connectivity index (χ0) is 19.2. The number of amides is 1. The second-order valence-corrected chi connectivity index (χ2v) is 7.36. The fraction of sp³-hybridized carbons (Fsp3) is 0.412. The van der Waals surface area contributed by atoms with Crippen LogP contribution in [0.3, 0.4) is 0 Å². The van der Waals surface area contributed by atoms with E-state index in [9.17, 15) is 13.2 Å². The molecule has 0 aliphatic heterocycles. The predicted molar refractivity (Wildman–Crippen MR) is 95.5 cm³/mol. The Labute approximate surface area is 153 Å². The maximum atomic E-state index is 12.2. The summed E-state index contributed by atoms with van der Waals surface area (Å²) in [5.74, 6) is 0.797. The number of aryl methyl sites for hydroxylation is 2. The van der Waals surface area contributed by atoms with E-state index in [0.717, 1.165) is 11.3 Å². The Bertz CT molecular complexity index is 824. The minimum atomic E-state index is -3.72.